The van der Waals surface area contributed by atoms with E-state index in [2.05, 4.69) is 4.98 Å². The van der Waals surface area contributed by atoms with Gasteiger partial charge in [-0.05, 0) is 12.1 Å². The fourth-order valence-electron chi connectivity index (χ4n) is 1.84. The molecule has 102 valence electrons. The van der Waals surface area contributed by atoms with Crippen molar-refractivity contribution in [3.05, 3.63) is 79.1 Å². The molecule has 2 aromatic carbocycles. The van der Waals surface area contributed by atoms with Crippen molar-refractivity contribution >= 4 is 19.3 Å². The molecular weight excluding hydrogens is 259 g/mol. The van der Waals surface area contributed by atoms with Crippen LogP contribution in [0.5, 0.6) is 11.5 Å². The normalized spacial score (nSPS) is 9.14. The third kappa shape index (κ3) is 4.75. The molecule has 0 atom stereocenters. The third-order valence-electron chi connectivity index (χ3n) is 2.93. The second kappa shape index (κ2) is 7.83. The van der Waals surface area contributed by atoms with Crippen molar-refractivity contribution in [2.24, 2.45) is 0 Å². The molecule has 0 amide bonds. The van der Waals surface area contributed by atoms with Crippen LogP contribution in [0.4, 0.5) is 0 Å². The van der Waals surface area contributed by atoms with Gasteiger partial charge in [0.25, 0.3) is 0 Å². The van der Waals surface area contributed by atoms with Gasteiger partial charge in [-0.15, -0.1) is 0 Å². The molecule has 0 saturated carbocycles. The Labute approximate surface area is 125 Å². The SMILES string of the molecule is Oc1cccc[c]1[Be][c]1ccccc1O.c1ccncc1. The van der Waals surface area contributed by atoms with Crippen LogP contribution in [0.1, 0.15) is 0 Å². The molecule has 0 aliphatic heterocycles. The Morgan fingerprint density at radius 2 is 1.10 bits per heavy atom. The average molecular weight is 274 g/mol. The summed E-state index contributed by atoms with van der Waals surface area (Å²) in [5.41, 5.74) is 0. The number of hydrogen-bond acceptors (Lipinski definition) is 3. The molecule has 3 aromatic rings. The van der Waals surface area contributed by atoms with Crippen LogP contribution in [0.15, 0.2) is 79.1 Å². The Morgan fingerprint density at radius 1 is 0.619 bits per heavy atom. The van der Waals surface area contributed by atoms with E-state index in [1.54, 1.807) is 36.7 Å². The van der Waals surface area contributed by atoms with Crippen LogP contribution in [0.2, 0.25) is 0 Å². The summed E-state index contributed by atoms with van der Waals surface area (Å²) >= 11 is 0. The number of phenols is 2. The van der Waals surface area contributed by atoms with Crippen molar-refractivity contribution in [3.63, 3.8) is 0 Å². The molecule has 0 radical (unpaired) electrons. The van der Waals surface area contributed by atoms with Gasteiger partial charge in [-0.3, -0.25) is 4.98 Å². The van der Waals surface area contributed by atoms with Crippen molar-refractivity contribution < 1.29 is 10.2 Å². The number of para-hydroxylation sites is 2. The smallest absolute Gasteiger partial charge is 0.0267 e. The molecule has 4 heteroatoms. The van der Waals surface area contributed by atoms with E-state index in [0.717, 1.165) is 10.6 Å². The number of phenolic OH excluding ortho intramolecular Hbond substituents is 2. The molecule has 3 nitrogen and oxygen atoms in total. The number of pyridine rings is 1. The molecule has 0 bridgehead atoms. The summed E-state index contributed by atoms with van der Waals surface area (Å²) in [7, 11) is 0.541. The van der Waals surface area contributed by atoms with Crippen LogP contribution >= 0.6 is 0 Å². The van der Waals surface area contributed by atoms with Gasteiger partial charge in [0.15, 0.2) is 0 Å². The molecule has 0 spiro atoms. The molecule has 0 saturated heterocycles. The van der Waals surface area contributed by atoms with E-state index >= 15 is 0 Å². The zero-order valence-corrected chi connectivity index (χ0v) is 11.6. The van der Waals surface area contributed by atoms with Gasteiger partial charge < -0.3 is 0 Å². The second-order valence-corrected chi connectivity index (χ2v) is 4.46. The van der Waals surface area contributed by atoms with Crippen LogP contribution in [-0.4, -0.2) is 24.0 Å². The van der Waals surface area contributed by atoms with Gasteiger partial charge in [0.2, 0.25) is 0 Å². The summed E-state index contributed by atoms with van der Waals surface area (Å²) in [5.74, 6) is 0.529. The van der Waals surface area contributed by atoms with Crippen LogP contribution in [0, 0.1) is 0 Å². The Morgan fingerprint density at radius 3 is 1.43 bits per heavy atom. The standard InChI is InChI=1S/2C6H5O.C5H5N.Be/c2*7-6-4-2-1-3-5-6;1-2-4-6-5-3-1;/h2*1-4,7H;1-5H;. The zero-order chi connectivity index (χ0) is 14.9. The van der Waals surface area contributed by atoms with Gasteiger partial charge in [-0.2, -0.15) is 0 Å². The molecule has 0 aliphatic carbocycles. The second-order valence-electron chi connectivity index (χ2n) is 4.46. The number of hydrogen-bond donors (Lipinski definition) is 2. The van der Waals surface area contributed by atoms with Crippen LogP contribution in [-0.2, 0) is 0 Å². The minimum absolute atomic E-state index is 0.265. The van der Waals surface area contributed by atoms with Gasteiger partial charge in [-0.25, -0.2) is 0 Å². The van der Waals surface area contributed by atoms with Crippen molar-refractivity contribution in [3.8, 4) is 11.5 Å². The summed E-state index contributed by atoms with van der Waals surface area (Å²) in [6, 6.07) is 20.0. The molecule has 1 aromatic heterocycles. The van der Waals surface area contributed by atoms with E-state index in [0.29, 0.717) is 8.78 Å². The minimum atomic E-state index is 0.265. The van der Waals surface area contributed by atoms with Gasteiger partial charge in [-0.1, -0.05) is 6.07 Å². The van der Waals surface area contributed by atoms with E-state index in [4.69, 9.17) is 0 Å². The number of aromatic hydroxyl groups is 2. The Bertz CT molecular complexity index is 604. The van der Waals surface area contributed by atoms with Crippen molar-refractivity contribution in [1.82, 2.24) is 4.98 Å². The molecule has 1 heterocycles. The van der Waals surface area contributed by atoms with Crippen LogP contribution in [0.25, 0.3) is 0 Å². The summed E-state index contributed by atoms with van der Waals surface area (Å²) in [4.78, 5) is 3.78. The molecule has 3 rings (SSSR count). The van der Waals surface area contributed by atoms with Gasteiger partial charge in [0.1, 0.15) is 0 Å². The zero-order valence-electron chi connectivity index (χ0n) is 11.6. The fraction of sp³-hybridized carbons (Fsp3) is 0. The number of rotatable bonds is 2. The van der Waals surface area contributed by atoms with E-state index in [9.17, 15) is 10.2 Å². The Kier molecular flexibility index (Phi) is 5.50. The summed E-state index contributed by atoms with van der Waals surface area (Å²) in [6.45, 7) is 0. The molecule has 0 unspecified atom stereocenters. The predicted octanol–water partition coefficient (Wildman–Crippen LogP) is 1.83. The Balaban J connectivity index is 0.000000225. The maximum atomic E-state index is 9.58. The van der Waals surface area contributed by atoms with E-state index < -0.39 is 0 Å². The van der Waals surface area contributed by atoms with Crippen LogP contribution < -0.4 is 10.6 Å². The van der Waals surface area contributed by atoms with Crippen LogP contribution in [0.3, 0.4) is 0 Å². The predicted molar refractivity (Wildman–Crippen MR) is 85.5 cm³/mol. The van der Waals surface area contributed by atoms with Gasteiger partial charge >= 0.3 is 89.6 Å². The van der Waals surface area contributed by atoms with Crippen molar-refractivity contribution in [1.29, 1.82) is 0 Å². The molecular formula is C17H15BeNO2. The summed E-state index contributed by atoms with van der Waals surface area (Å²) < 4.78 is 0. The Hall–Kier alpha value is -2.64. The molecule has 2 N–H and O–H groups in total. The third-order valence-corrected chi connectivity index (χ3v) is 2.93. The molecule has 0 fully saturated rings. The molecule has 21 heavy (non-hydrogen) atoms. The number of benzene rings is 2. The van der Waals surface area contributed by atoms with E-state index in [-0.39, 0.29) is 11.5 Å². The molecule has 0 aliphatic rings. The first-order valence-corrected chi connectivity index (χ1v) is 6.66. The van der Waals surface area contributed by atoms with Gasteiger partial charge in [0.05, 0.1) is 0 Å². The quantitative estimate of drug-likeness (QED) is 0.701. The first-order chi connectivity index (χ1) is 10.3. The van der Waals surface area contributed by atoms with Crippen molar-refractivity contribution in [2.75, 3.05) is 0 Å². The monoisotopic (exact) mass is 274 g/mol. The number of aromatic nitrogens is 1. The maximum absolute atomic E-state index is 9.58. The van der Waals surface area contributed by atoms with Crippen molar-refractivity contribution in [2.45, 2.75) is 0 Å². The fourth-order valence-corrected chi connectivity index (χ4v) is 1.84. The van der Waals surface area contributed by atoms with E-state index in [1.165, 1.54) is 0 Å². The maximum Gasteiger partial charge on any atom is 0.0267 e. The first-order valence-electron chi connectivity index (χ1n) is 6.66. The largest absolute Gasteiger partial charge is 0.265 e. The first kappa shape index (κ1) is 14.8. The van der Waals surface area contributed by atoms with Gasteiger partial charge in [0, 0.05) is 12.4 Å². The minimum Gasteiger partial charge on any atom is -0.265 e. The summed E-state index contributed by atoms with van der Waals surface area (Å²) in [5, 5.41) is 20.8. The van der Waals surface area contributed by atoms with E-state index in [1.807, 2.05) is 42.5 Å². The summed E-state index contributed by atoms with van der Waals surface area (Å²) in [6.07, 6.45) is 3.50. The number of nitrogens with zero attached hydrogens (tertiary/aromatic N) is 1. The topological polar surface area (TPSA) is 53.4 Å². The average Bonchev–Trinajstić information content (AvgIpc) is 2.54.